The van der Waals surface area contributed by atoms with Gasteiger partial charge in [0.25, 0.3) is 0 Å². The quantitative estimate of drug-likeness (QED) is 0.364. The minimum Gasteiger partial charge on any atom is -0.289 e. The second-order valence-corrected chi connectivity index (χ2v) is 2.60. The minimum atomic E-state index is 0.205. The number of aldehydes is 1. The number of nitrogens with zero attached hydrogens (tertiary/aromatic N) is 1. The van der Waals surface area contributed by atoms with Crippen LogP contribution in [-0.2, 0) is 4.79 Å². The van der Waals surface area contributed by atoms with Crippen molar-refractivity contribution in [2.45, 2.75) is 0 Å². The Bertz CT molecular complexity index is 365. The molecule has 0 unspecified atom stereocenters. The third kappa shape index (κ3) is 2.23. The van der Waals surface area contributed by atoms with Gasteiger partial charge >= 0.3 is 0 Å². The summed E-state index contributed by atoms with van der Waals surface area (Å²) in [6.45, 7) is 0. The van der Waals surface area contributed by atoms with E-state index in [9.17, 15) is 4.79 Å². The van der Waals surface area contributed by atoms with Crippen molar-refractivity contribution in [2.75, 3.05) is 0 Å². The molecule has 1 rings (SSSR count). The van der Waals surface area contributed by atoms with E-state index in [2.05, 4.69) is 16.8 Å². The van der Waals surface area contributed by atoms with Gasteiger partial charge in [-0.25, -0.2) is 4.98 Å². The molecule has 0 aliphatic rings. The molecule has 0 spiro atoms. The molecule has 1 aromatic rings. The molecular formula is C8H3Cl2NO. The van der Waals surface area contributed by atoms with Crippen molar-refractivity contribution in [3.8, 4) is 11.8 Å². The molecule has 12 heavy (non-hydrogen) atoms. The Morgan fingerprint density at radius 3 is 2.75 bits per heavy atom. The Labute approximate surface area is 79.5 Å². The van der Waals surface area contributed by atoms with Gasteiger partial charge < -0.3 is 0 Å². The summed E-state index contributed by atoms with van der Waals surface area (Å²) < 4.78 is 0. The highest BCUT2D eigenvalue weighted by Crippen LogP contribution is 2.14. The molecule has 0 amide bonds. The van der Waals surface area contributed by atoms with Crippen LogP contribution in [0, 0.1) is 11.8 Å². The van der Waals surface area contributed by atoms with Crippen LogP contribution in [0.1, 0.15) is 5.56 Å². The average Bonchev–Trinajstić information content (AvgIpc) is 2.03. The summed E-state index contributed by atoms with van der Waals surface area (Å²) in [6.07, 6.45) is 0.491. The van der Waals surface area contributed by atoms with Crippen molar-refractivity contribution < 1.29 is 4.79 Å². The molecule has 0 saturated heterocycles. The molecule has 60 valence electrons. The van der Waals surface area contributed by atoms with E-state index in [-0.39, 0.29) is 5.15 Å². The molecule has 4 heteroatoms. The number of hydrogen-bond donors (Lipinski definition) is 0. The van der Waals surface area contributed by atoms with Crippen LogP contribution in [0.15, 0.2) is 12.1 Å². The van der Waals surface area contributed by atoms with Crippen LogP contribution in [-0.4, -0.2) is 11.3 Å². The standard InChI is InChI=1S/C8H3Cl2NO/c9-7-4-3-6(2-1-5-12)8(10)11-7/h3-5H. The van der Waals surface area contributed by atoms with Gasteiger partial charge in [-0.15, -0.1) is 0 Å². The highest BCUT2D eigenvalue weighted by molar-refractivity contribution is 6.33. The van der Waals surface area contributed by atoms with E-state index in [1.165, 1.54) is 0 Å². The maximum absolute atomic E-state index is 9.89. The van der Waals surface area contributed by atoms with E-state index in [1.807, 2.05) is 0 Å². The predicted molar refractivity (Wildman–Crippen MR) is 47.2 cm³/mol. The van der Waals surface area contributed by atoms with Crippen molar-refractivity contribution in [2.24, 2.45) is 0 Å². The highest BCUT2D eigenvalue weighted by atomic mass is 35.5. The van der Waals surface area contributed by atoms with Gasteiger partial charge in [0.1, 0.15) is 10.3 Å². The van der Waals surface area contributed by atoms with Crippen molar-refractivity contribution in [3.05, 3.63) is 28.0 Å². The Kier molecular flexibility index (Phi) is 3.09. The van der Waals surface area contributed by atoms with E-state index in [1.54, 1.807) is 12.1 Å². The molecule has 1 heterocycles. The molecule has 0 N–H and O–H groups in total. The monoisotopic (exact) mass is 199 g/mol. The van der Waals surface area contributed by atoms with Crippen LogP contribution in [0.2, 0.25) is 10.3 Å². The van der Waals surface area contributed by atoms with E-state index in [0.717, 1.165) is 0 Å². The van der Waals surface area contributed by atoms with Crippen LogP contribution in [0.5, 0.6) is 0 Å². The third-order valence-corrected chi connectivity index (χ3v) is 1.58. The van der Waals surface area contributed by atoms with Crippen molar-refractivity contribution in [1.29, 1.82) is 0 Å². The van der Waals surface area contributed by atoms with Gasteiger partial charge in [0.15, 0.2) is 6.29 Å². The first-order valence-electron chi connectivity index (χ1n) is 3.01. The van der Waals surface area contributed by atoms with Crippen LogP contribution in [0.25, 0.3) is 0 Å². The molecule has 0 fully saturated rings. The maximum Gasteiger partial charge on any atom is 0.193 e. The molecular weight excluding hydrogens is 197 g/mol. The van der Waals surface area contributed by atoms with Crippen LogP contribution < -0.4 is 0 Å². The fourth-order valence-corrected chi connectivity index (χ4v) is 1.00. The summed E-state index contributed by atoms with van der Waals surface area (Å²) >= 11 is 11.2. The Morgan fingerprint density at radius 2 is 2.17 bits per heavy atom. The maximum atomic E-state index is 9.89. The van der Waals surface area contributed by atoms with E-state index < -0.39 is 0 Å². The summed E-state index contributed by atoms with van der Waals surface area (Å²) in [4.78, 5) is 13.6. The summed E-state index contributed by atoms with van der Waals surface area (Å²) in [6, 6.07) is 3.16. The van der Waals surface area contributed by atoms with Crippen molar-refractivity contribution in [3.63, 3.8) is 0 Å². The Balaban J connectivity index is 3.09. The number of halogens is 2. The molecule has 0 radical (unpaired) electrons. The lowest BCUT2D eigenvalue weighted by atomic mass is 10.3. The van der Waals surface area contributed by atoms with Crippen molar-refractivity contribution in [1.82, 2.24) is 4.98 Å². The van der Waals surface area contributed by atoms with E-state index >= 15 is 0 Å². The van der Waals surface area contributed by atoms with Gasteiger partial charge in [0.05, 0.1) is 5.56 Å². The molecule has 0 saturated carbocycles. The first-order chi connectivity index (χ1) is 5.74. The zero-order chi connectivity index (χ0) is 8.97. The van der Waals surface area contributed by atoms with Gasteiger partial charge in [-0.05, 0) is 18.1 Å². The summed E-state index contributed by atoms with van der Waals surface area (Å²) in [7, 11) is 0. The molecule has 0 aliphatic heterocycles. The summed E-state index contributed by atoms with van der Waals surface area (Å²) in [5.74, 6) is 4.75. The van der Waals surface area contributed by atoms with Gasteiger partial charge in [0, 0.05) is 0 Å². The topological polar surface area (TPSA) is 30.0 Å². The fourth-order valence-electron chi connectivity index (χ4n) is 0.613. The third-order valence-electron chi connectivity index (χ3n) is 1.08. The number of hydrogen-bond acceptors (Lipinski definition) is 2. The smallest absolute Gasteiger partial charge is 0.193 e. The number of pyridine rings is 1. The normalized spacial score (nSPS) is 8.50. The Morgan fingerprint density at radius 1 is 1.42 bits per heavy atom. The molecule has 0 aromatic carbocycles. The molecule has 0 atom stereocenters. The molecule has 0 aliphatic carbocycles. The lowest BCUT2D eigenvalue weighted by Crippen LogP contribution is -1.82. The van der Waals surface area contributed by atoms with Gasteiger partial charge in [-0.2, -0.15) is 0 Å². The lowest BCUT2D eigenvalue weighted by Gasteiger charge is -1.93. The van der Waals surface area contributed by atoms with Crippen LogP contribution in [0.4, 0.5) is 0 Å². The Hall–Kier alpha value is -1.04. The second kappa shape index (κ2) is 4.10. The van der Waals surface area contributed by atoms with Gasteiger partial charge in [0.2, 0.25) is 0 Å². The first kappa shape index (κ1) is 9.05. The number of carbonyl (C=O) groups excluding carboxylic acids is 1. The van der Waals surface area contributed by atoms with Crippen molar-refractivity contribution >= 4 is 29.5 Å². The van der Waals surface area contributed by atoms with Crippen LogP contribution >= 0.6 is 23.2 Å². The highest BCUT2D eigenvalue weighted by Gasteiger charge is 1.98. The minimum absolute atomic E-state index is 0.205. The molecule has 1 aromatic heterocycles. The zero-order valence-corrected chi connectivity index (χ0v) is 7.36. The average molecular weight is 200 g/mol. The predicted octanol–water partition coefficient (Wildman–Crippen LogP) is 1.94. The second-order valence-electron chi connectivity index (χ2n) is 1.86. The van der Waals surface area contributed by atoms with Gasteiger partial charge in [-0.1, -0.05) is 29.1 Å². The molecule has 2 nitrogen and oxygen atoms in total. The lowest BCUT2D eigenvalue weighted by molar-refractivity contribution is -0.103. The van der Waals surface area contributed by atoms with E-state index in [0.29, 0.717) is 17.0 Å². The summed E-state index contributed by atoms with van der Waals surface area (Å²) in [5, 5.41) is 0.508. The van der Waals surface area contributed by atoms with Crippen LogP contribution in [0.3, 0.4) is 0 Å². The first-order valence-corrected chi connectivity index (χ1v) is 3.77. The summed E-state index contributed by atoms with van der Waals surface area (Å²) in [5.41, 5.74) is 0.494. The zero-order valence-electron chi connectivity index (χ0n) is 5.84. The SMILES string of the molecule is O=CC#Cc1ccc(Cl)nc1Cl. The fraction of sp³-hybridized carbons (Fsp3) is 0. The number of carbonyl (C=O) groups is 1. The molecule has 0 bridgehead atoms. The van der Waals surface area contributed by atoms with E-state index in [4.69, 9.17) is 23.2 Å². The number of rotatable bonds is 0. The van der Waals surface area contributed by atoms with Gasteiger partial charge in [-0.3, -0.25) is 4.79 Å². The largest absolute Gasteiger partial charge is 0.289 e. The number of aromatic nitrogens is 1.